The SMILES string of the molecule is O=C(Nc1ccc2c(c1)OCO2)c1cnc(N2CCOCC2)cn1. The van der Waals surface area contributed by atoms with Crippen LogP contribution in [-0.2, 0) is 4.74 Å². The molecule has 8 heteroatoms. The smallest absolute Gasteiger partial charge is 0.275 e. The Balaban J connectivity index is 1.44. The van der Waals surface area contributed by atoms with E-state index in [1.165, 1.54) is 6.20 Å². The van der Waals surface area contributed by atoms with Gasteiger partial charge in [-0.2, -0.15) is 0 Å². The van der Waals surface area contributed by atoms with Gasteiger partial charge in [-0.1, -0.05) is 0 Å². The van der Waals surface area contributed by atoms with Gasteiger partial charge < -0.3 is 24.4 Å². The maximum absolute atomic E-state index is 12.3. The highest BCUT2D eigenvalue weighted by atomic mass is 16.7. The Bertz CT molecular complexity index is 744. The van der Waals surface area contributed by atoms with E-state index < -0.39 is 0 Å². The summed E-state index contributed by atoms with van der Waals surface area (Å²) < 4.78 is 15.8. The van der Waals surface area contributed by atoms with Crippen LogP contribution in [0.1, 0.15) is 10.5 Å². The molecule has 0 spiro atoms. The summed E-state index contributed by atoms with van der Waals surface area (Å²) in [4.78, 5) is 22.9. The van der Waals surface area contributed by atoms with Gasteiger partial charge in [0.1, 0.15) is 11.5 Å². The second-order valence-corrected chi connectivity index (χ2v) is 5.38. The fourth-order valence-corrected chi connectivity index (χ4v) is 2.56. The minimum atomic E-state index is -0.324. The van der Waals surface area contributed by atoms with Crippen molar-refractivity contribution in [2.75, 3.05) is 43.3 Å². The van der Waals surface area contributed by atoms with Crippen molar-refractivity contribution in [3.63, 3.8) is 0 Å². The molecule has 4 rings (SSSR count). The summed E-state index contributed by atoms with van der Waals surface area (Å²) in [6.45, 7) is 3.10. The number of ether oxygens (including phenoxy) is 3. The highest BCUT2D eigenvalue weighted by Gasteiger charge is 2.16. The molecule has 2 aromatic rings. The Kier molecular flexibility index (Phi) is 3.87. The third-order valence-corrected chi connectivity index (χ3v) is 3.84. The van der Waals surface area contributed by atoms with E-state index in [1.807, 2.05) is 0 Å². The number of anilines is 2. The summed E-state index contributed by atoms with van der Waals surface area (Å²) in [7, 11) is 0. The summed E-state index contributed by atoms with van der Waals surface area (Å²) in [5, 5.41) is 2.78. The van der Waals surface area contributed by atoms with Gasteiger partial charge in [-0.25, -0.2) is 9.97 Å². The zero-order chi connectivity index (χ0) is 16.4. The van der Waals surface area contributed by atoms with Gasteiger partial charge in [-0.15, -0.1) is 0 Å². The van der Waals surface area contributed by atoms with Crippen molar-refractivity contribution in [3.8, 4) is 11.5 Å². The number of hydrogen-bond acceptors (Lipinski definition) is 7. The van der Waals surface area contributed by atoms with Crippen molar-refractivity contribution in [2.24, 2.45) is 0 Å². The minimum Gasteiger partial charge on any atom is -0.454 e. The van der Waals surface area contributed by atoms with E-state index in [0.717, 1.165) is 18.9 Å². The minimum absolute atomic E-state index is 0.196. The molecule has 0 atom stereocenters. The van der Waals surface area contributed by atoms with E-state index in [9.17, 15) is 4.79 Å². The number of carbonyl (C=O) groups is 1. The first-order valence-electron chi connectivity index (χ1n) is 7.65. The van der Waals surface area contributed by atoms with Crippen LogP contribution in [0.15, 0.2) is 30.6 Å². The molecular formula is C16H16N4O4. The van der Waals surface area contributed by atoms with E-state index in [1.54, 1.807) is 24.4 Å². The molecule has 0 unspecified atom stereocenters. The summed E-state index contributed by atoms with van der Waals surface area (Å²) in [6.07, 6.45) is 3.09. The summed E-state index contributed by atoms with van der Waals surface area (Å²) in [5.74, 6) is 1.71. The lowest BCUT2D eigenvalue weighted by Crippen LogP contribution is -2.36. The third kappa shape index (κ3) is 2.95. The number of nitrogens with zero attached hydrogens (tertiary/aromatic N) is 3. The zero-order valence-electron chi connectivity index (χ0n) is 12.9. The summed E-state index contributed by atoms with van der Waals surface area (Å²) >= 11 is 0. The van der Waals surface area contributed by atoms with Crippen LogP contribution in [0.3, 0.4) is 0 Å². The number of fused-ring (bicyclic) bond motifs is 1. The van der Waals surface area contributed by atoms with Gasteiger partial charge in [-0.05, 0) is 12.1 Å². The molecule has 2 aliphatic rings. The zero-order valence-corrected chi connectivity index (χ0v) is 12.9. The van der Waals surface area contributed by atoms with Crippen molar-refractivity contribution in [3.05, 3.63) is 36.3 Å². The van der Waals surface area contributed by atoms with Crippen LogP contribution in [0.25, 0.3) is 0 Å². The maximum Gasteiger partial charge on any atom is 0.275 e. The van der Waals surface area contributed by atoms with Gasteiger partial charge >= 0.3 is 0 Å². The van der Waals surface area contributed by atoms with Gasteiger partial charge in [0.2, 0.25) is 6.79 Å². The van der Waals surface area contributed by atoms with Crippen LogP contribution in [-0.4, -0.2) is 49.0 Å². The van der Waals surface area contributed by atoms with E-state index in [0.29, 0.717) is 30.4 Å². The molecule has 0 saturated carbocycles. The molecule has 3 heterocycles. The van der Waals surface area contributed by atoms with E-state index >= 15 is 0 Å². The first kappa shape index (κ1) is 14.7. The lowest BCUT2D eigenvalue weighted by atomic mass is 10.2. The molecule has 24 heavy (non-hydrogen) atoms. The average molecular weight is 328 g/mol. The molecular weight excluding hydrogens is 312 g/mol. The fourth-order valence-electron chi connectivity index (χ4n) is 2.56. The van der Waals surface area contributed by atoms with Crippen molar-refractivity contribution < 1.29 is 19.0 Å². The van der Waals surface area contributed by atoms with Crippen molar-refractivity contribution in [1.29, 1.82) is 0 Å². The molecule has 1 N–H and O–H groups in total. The highest BCUT2D eigenvalue weighted by molar-refractivity contribution is 6.02. The number of benzene rings is 1. The fraction of sp³-hybridized carbons (Fsp3) is 0.312. The molecule has 1 aromatic heterocycles. The number of nitrogens with one attached hydrogen (secondary N) is 1. The van der Waals surface area contributed by atoms with E-state index in [4.69, 9.17) is 14.2 Å². The number of amides is 1. The van der Waals surface area contributed by atoms with Crippen molar-refractivity contribution in [1.82, 2.24) is 9.97 Å². The average Bonchev–Trinajstić information content (AvgIpc) is 3.10. The number of morpholine rings is 1. The standard InChI is InChI=1S/C16H16N4O4/c21-16(19-11-1-2-13-14(7-11)24-10-23-13)12-8-18-15(9-17-12)20-3-5-22-6-4-20/h1-2,7-9H,3-6,10H2,(H,19,21). The van der Waals surface area contributed by atoms with Gasteiger partial charge in [0, 0.05) is 24.8 Å². The molecule has 124 valence electrons. The molecule has 1 aromatic carbocycles. The topological polar surface area (TPSA) is 85.8 Å². The molecule has 0 radical (unpaired) electrons. The van der Waals surface area contributed by atoms with Crippen LogP contribution in [0.2, 0.25) is 0 Å². The van der Waals surface area contributed by atoms with Crippen LogP contribution in [0.5, 0.6) is 11.5 Å². The number of hydrogen-bond donors (Lipinski definition) is 1. The molecule has 0 bridgehead atoms. The van der Waals surface area contributed by atoms with E-state index in [2.05, 4.69) is 20.2 Å². The van der Waals surface area contributed by atoms with Gasteiger partial charge in [0.15, 0.2) is 11.5 Å². The lowest BCUT2D eigenvalue weighted by molar-refractivity contribution is 0.102. The van der Waals surface area contributed by atoms with Gasteiger partial charge in [-0.3, -0.25) is 4.79 Å². The largest absolute Gasteiger partial charge is 0.454 e. The predicted octanol–water partition coefficient (Wildman–Crippen LogP) is 1.29. The third-order valence-electron chi connectivity index (χ3n) is 3.84. The number of aromatic nitrogens is 2. The summed E-state index contributed by atoms with van der Waals surface area (Å²) in [5.41, 5.74) is 0.869. The number of carbonyl (C=O) groups excluding carboxylic acids is 1. The maximum atomic E-state index is 12.3. The van der Waals surface area contributed by atoms with Crippen LogP contribution in [0, 0.1) is 0 Å². The van der Waals surface area contributed by atoms with Gasteiger partial charge in [0.05, 0.1) is 25.6 Å². The van der Waals surface area contributed by atoms with Crippen LogP contribution < -0.4 is 19.7 Å². The Labute approximate surface area is 138 Å². The molecule has 1 fully saturated rings. The Morgan fingerprint density at radius 2 is 1.92 bits per heavy atom. The van der Waals surface area contributed by atoms with Gasteiger partial charge in [0.25, 0.3) is 5.91 Å². The predicted molar refractivity (Wildman–Crippen MR) is 85.6 cm³/mol. The normalized spacial score (nSPS) is 16.1. The second-order valence-electron chi connectivity index (χ2n) is 5.38. The van der Waals surface area contributed by atoms with Crippen molar-refractivity contribution in [2.45, 2.75) is 0 Å². The second kappa shape index (κ2) is 6.32. The number of rotatable bonds is 3. The Morgan fingerprint density at radius 1 is 1.08 bits per heavy atom. The highest BCUT2D eigenvalue weighted by Crippen LogP contribution is 2.34. The molecule has 2 aliphatic heterocycles. The van der Waals surface area contributed by atoms with Crippen molar-refractivity contribution >= 4 is 17.4 Å². The molecule has 1 amide bonds. The first-order valence-corrected chi connectivity index (χ1v) is 7.65. The monoisotopic (exact) mass is 328 g/mol. The van der Waals surface area contributed by atoms with E-state index in [-0.39, 0.29) is 18.4 Å². The first-order chi connectivity index (χ1) is 11.8. The molecule has 0 aliphatic carbocycles. The Morgan fingerprint density at radius 3 is 2.71 bits per heavy atom. The lowest BCUT2D eigenvalue weighted by Gasteiger charge is -2.27. The molecule has 1 saturated heterocycles. The Hall–Kier alpha value is -2.87. The van der Waals surface area contributed by atoms with Crippen LogP contribution in [0.4, 0.5) is 11.5 Å². The quantitative estimate of drug-likeness (QED) is 0.908. The molecule has 8 nitrogen and oxygen atoms in total. The van der Waals surface area contributed by atoms with Crippen LogP contribution >= 0.6 is 0 Å². The summed E-state index contributed by atoms with van der Waals surface area (Å²) in [6, 6.07) is 5.22.